The summed E-state index contributed by atoms with van der Waals surface area (Å²) in [6.07, 6.45) is 0. The van der Waals surface area contributed by atoms with Gasteiger partial charge in [-0.25, -0.2) is 0 Å². The van der Waals surface area contributed by atoms with Crippen molar-refractivity contribution in [3.8, 4) is 0 Å². The monoisotopic (exact) mass is 223 g/mol. The van der Waals surface area contributed by atoms with E-state index >= 15 is 0 Å². The van der Waals surface area contributed by atoms with E-state index in [-0.39, 0.29) is 0 Å². The molecule has 0 atom stereocenters. The van der Waals surface area contributed by atoms with Gasteiger partial charge in [0.2, 0.25) is 0 Å². The van der Waals surface area contributed by atoms with Gasteiger partial charge in [-0.15, -0.1) is 0 Å². The normalized spacial score (nSPS) is 18.5. The third kappa shape index (κ3) is 2.03. The molecule has 0 saturated carbocycles. The van der Waals surface area contributed by atoms with Gasteiger partial charge in [0, 0.05) is 0 Å². The van der Waals surface area contributed by atoms with Crippen molar-refractivity contribution in [2.24, 2.45) is 0 Å². The topological polar surface area (TPSA) is 6.48 Å². The fourth-order valence-corrected chi connectivity index (χ4v) is 2.11. The average Bonchev–Trinajstić information content (AvgIpc) is 2.29. The Labute approximate surface area is 89.8 Å². The van der Waals surface area contributed by atoms with E-state index in [2.05, 4.69) is 60.4 Å². The van der Waals surface area contributed by atoms with E-state index in [4.69, 9.17) is 0 Å². The van der Waals surface area contributed by atoms with Gasteiger partial charge < -0.3 is 0 Å². The fraction of sp³-hybridized carbons (Fsp3) is 0.800. The molecule has 13 heavy (non-hydrogen) atoms. The van der Waals surface area contributed by atoms with Gasteiger partial charge in [-0.1, -0.05) is 0 Å². The molecule has 2 nitrogen and oxygen atoms in total. The Bertz CT molecular complexity index is 199. The predicted molar refractivity (Wildman–Crippen MR) is 51.5 cm³/mol. The van der Waals surface area contributed by atoms with Crippen molar-refractivity contribution in [1.29, 1.82) is 0 Å². The maximum absolute atomic E-state index is 4.12. The second kappa shape index (κ2) is 3.93. The Kier molecular flexibility index (Phi) is 3.31. The first-order chi connectivity index (χ1) is 5.95. The molecule has 0 aromatic carbocycles. The van der Waals surface area contributed by atoms with Crippen LogP contribution in [0.2, 0.25) is 0 Å². The molecule has 0 spiro atoms. The zero-order chi connectivity index (χ0) is 10.2. The van der Waals surface area contributed by atoms with E-state index in [9.17, 15) is 0 Å². The zero-order valence-corrected chi connectivity index (χ0v) is 10.2. The third-order valence-electron chi connectivity index (χ3n) is 2.52. The van der Waals surface area contributed by atoms with E-state index in [1.54, 1.807) is 0 Å². The molecule has 1 heterocycles. The van der Waals surface area contributed by atoms with E-state index in [1.165, 1.54) is 10.3 Å². The van der Waals surface area contributed by atoms with Crippen LogP contribution >= 0.6 is 0 Å². The van der Waals surface area contributed by atoms with Crippen LogP contribution in [-0.2, 0) is 16.0 Å². The summed E-state index contributed by atoms with van der Waals surface area (Å²) >= 11 is 4.12. The molecule has 0 fully saturated rings. The zero-order valence-electron chi connectivity index (χ0n) is 9.11. The molecule has 0 aromatic heterocycles. The molecule has 3 heteroatoms. The van der Waals surface area contributed by atoms with Crippen molar-refractivity contribution in [3.05, 3.63) is 10.3 Å². The summed E-state index contributed by atoms with van der Waals surface area (Å²) in [6, 6.07) is 1.12. The Morgan fingerprint density at radius 1 is 1.08 bits per heavy atom. The van der Waals surface area contributed by atoms with Crippen LogP contribution in [0, 0.1) is 0 Å². The predicted octanol–water partition coefficient (Wildman–Crippen LogP) is 2.11. The van der Waals surface area contributed by atoms with Gasteiger partial charge >= 0.3 is 89.5 Å². The van der Waals surface area contributed by atoms with E-state index in [0.717, 1.165) is 6.67 Å². The maximum atomic E-state index is 4.12. The standard InChI is InChI=1S/C10H19N2.Fe/c1-8(2)11-6-10(5)12(7-11)9(3)4;/h8-9H,7H2,1-5H3;. The van der Waals surface area contributed by atoms with Crippen molar-refractivity contribution in [1.82, 2.24) is 9.80 Å². The summed E-state index contributed by atoms with van der Waals surface area (Å²) in [5.41, 5.74) is 1.32. The number of hydrogen-bond donors (Lipinski definition) is 0. The molecule has 77 valence electrons. The summed E-state index contributed by atoms with van der Waals surface area (Å²) in [6.45, 7) is 12.0. The number of hydrogen-bond acceptors (Lipinski definition) is 2. The molecule has 1 rings (SSSR count). The first-order valence-electron chi connectivity index (χ1n) is 4.83. The Morgan fingerprint density at radius 2 is 1.54 bits per heavy atom. The van der Waals surface area contributed by atoms with Crippen LogP contribution < -0.4 is 0 Å². The SMILES string of the molecule is CC1=[C]([Fe])N(C(C)C)CN1C(C)C. The van der Waals surface area contributed by atoms with Crippen LogP contribution in [0.25, 0.3) is 0 Å². The van der Waals surface area contributed by atoms with Gasteiger partial charge in [0.05, 0.1) is 0 Å². The summed E-state index contributed by atoms with van der Waals surface area (Å²) in [5.74, 6) is 0. The van der Waals surface area contributed by atoms with Gasteiger partial charge in [0.15, 0.2) is 0 Å². The fourth-order valence-electron chi connectivity index (χ4n) is 1.59. The minimum atomic E-state index is 0.547. The van der Waals surface area contributed by atoms with Gasteiger partial charge in [0.25, 0.3) is 0 Å². The number of allylic oxidation sites excluding steroid dienone is 1. The summed E-state index contributed by atoms with van der Waals surface area (Å²) < 4.78 is 1.18. The number of rotatable bonds is 2. The van der Waals surface area contributed by atoms with E-state index in [0.29, 0.717) is 12.1 Å². The molecular formula is C10H19FeN2. The van der Waals surface area contributed by atoms with Crippen molar-refractivity contribution >= 4 is 0 Å². The molecule has 0 unspecified atom stereocenters. The Balaban J connectivity index is 2.81. The first-order valence-corrected chi connectivity index (χ1v) is 5.38. The summed E-state index contributed by atoms with van der Waals surface area (Å²) in [7, 11) is 0. The van der Waals surface area contributed by atoms with Gasteiger partial charge in [-0.05, 0) is 0 Å². The van der Waals surface area contributed by atoms with Crippen LogP contribution in [0.1, 0.15) is 34.6 Å². The summed E-state index contributed by atoms with van der Waals surface area (Å²) in [4.78, 5) is 4.73. The summed E-state index contributed by atoms with van der Waals surface area (Å²) in [5, 5.41) is 0. The quantitative estimate of drug-likeness (QED) is 0.661. The molecule has 0 aromatic rings. The molecule has 0 radical (unpaired) electrons. The molecule has 0 amide bonds. The molecular weight excluding hydrogens is 204 g/mol. The van der Waals surface area contributed by atoms with Gasteiger partial charge in [-0.3, -0.25) is 0 Å². The van der Waals surface area contributed by atoms with Crippen LogP contribution in [0.4, 0.5) is 0 Å². The van der Waals surface area contributed by atoms with Crippen LogP contribution in [0.5, 0.6) is 0 Å². The molecule has 1 aliphatic rings. The van der Waals surface area contributed by atoms with Crippen molar-refractivity contribution < 1.29 is 16.0 Å². The Hall–Kier alpha value is -0.141. The van der Waals surface area contributed by atoms with Crippen LogP contribution in [0.3, 0.4) is 0 Å². The van der Waals surface area contributed by atoms with Crippen molar-refractivity contribution in [2.75, 3.05) is 6.67 Å². The molecule has 0 N–H and O–H groups in total. The van der Waals surface area contributed by atoms with Crippen molar-refractivity contribution in [2.45, 2.75) is 46.7 Å². The van der Waals surface area contributed by atoms with Gasteiger partial charge in [-0.2, -0.15) is 0 Å². The second-order valence-corrected chi connectivity index (χ2v) is 4.66. The minimum absolute atomic E-state index is 0.547. The number of nitrogens with zero attached hydrogens (tertiary/aromatic N) is 2. The molecule has 1 aliphatic heterocycles. The third-order valence-corrected chi connectivity index (χ3v) is 3.23. The van der Waals surface area contributed by atoms with Crippen LogP contribution in [-0.4, -0.2) is 28.6 Å². The second-order valence-electron chi connectivity index (χ2n) is 4.13. The molecule has 0 saturated heterocycles. The van der Waals surface area contributed by atoms with Crippen molar-refractivity contribution in [3.63, 3.8) is 0 Å². The first kappa shape index (κ1) is 10.9. The van der Waals surface area contributed by atoms with E-state index < -0.39 is 0 Å². The molecule has 0 bridgehead atoms. The Morgan fingerprint density at radius 3 is 1.77 bits per heavy atom. The average molecular weight is 223 g/mol. The molecule has 0 aliphatic carbocycles. The van der Waals surface area contributed by atoms with Gasteiger partial charge in [0.1, 0.15) is 0 Å². The van der Waals surface area contributed by atoms with E-state index in [1.807, 2.05) is 0 Å². The van der Waals surface area contributed by atoms with Crippen LogP contribution in [0.15, 0.2) is 10.3 Å².